The topological polar surface area (TPSA) is 87.7 Å². The summed E-state index contributed by atoms with van der Waals surface area (Å²) in [5, 5.41) is 5.25. The van der Waals surface area contributed by atoms with Crippen LogP contribution in [0.2, 0.25) is 0 Å². The summed E-state index contributed by atoms with van der Waals surface area (Å²) < 4.78 is 43.2. The lowest BCUT2D eigenvalue weighted by Gasteiger charge is -2.46. The summed E-state index contributed by atoms with van der Waals surface area (Å²) in [6, 6.07) is 12.1. The van der Waals surface area contributed by atoms with Crippen molar-refractivity contribution in [2.75, 3.05) is 26.7 Å². The Morgan fingerprint density at radius 1 is 0.973 bits per heavy atom. The lowest BCUT2D eigenvalue weighted by molar-refractivity contribution is -0.137. The van der Waals surface area contributed by atoms with Crippen molar-refractivity contribution in [1.82, 2.24) is 15.5 Å². The van der Waals surface area contributed by atoms with Crippen molar-refractivity contribution < 1.29 is 32.3 Å². The van der Waals surface area contributed by atoms with Crippen molar-refractivity contribution in [3.63, 3.8) is 0 Å². The van der Waals surface area contributed by atoms with Crippen LogP contribution in [0.4, 0.5) is 13.2 Å². The highest BCUT2D eigenvalue weighted by Gasteiger charge is 2.35. The van der Waals surface area contributed by atoms with Gasteiger partial charge in [-0.05, 0) is 67.5 Å². The normalized spacial score (nSPS) is 20.5. The molecule has 2 aromatic rings. The molecule has 1 saturated carbocycles. The van der Waals surface area contributed by atoms with Crippen LogP contribution in [-0.2, 0) is 15.7 Å². The zero-order valence-corrected chi connectivity index (χ0v) is 20.5. The molecule has 0 aromatic heterocycles. The first kappa shape index (κ1) is 26.7. The lowest BCUT2D eigenvalue weighted by atomic mass is 9.80. The van der Waals surface area contributed by atoms with Gasteiger partial charge >= 0.3 is 12.1 Å². The molecule has 0 bridgehead atoms. The number of methoxy groups -OCH3 is 1. The molecule has 0 unspecified atom stereocenters. The third kappa shape index (κ3) is 6.68. The van der Waals surface area contributed by atoms with E-state index in [2.05, 4.69) is 15.5 Å². The Morgan fingerprint density at radius 2 is 1.65 bits per heavy atom. The molecule has 2 amide bonds. The SMILES string of the molecule is COC(=O)c1ccc([C@H]2CC[C@@H](N3CC(NC(=O)CNC(=O)c4cccc(C(F)(F)F)c4)C3)CC2)cc1. The minimum Gasteiger partial charge on any atom is -0.465 e. The Hall–Kier alpha value is -3.40. The lowest BCUT2D eigenvalue weighted by Crippen LogP contribution is -2.63. The van der Waals surface area contributed by atoms with E-state index in [1.807, 2.05) is 12.1 Å². The van der Waals surface area contributed by atoms with Crippen LogP contribution in [0.1, 0.15) is 63.4 Å². The molecular formula is C27H30F3N3O4. The molecular weight excluding hydrogens is 487 g/mol. The van der Waals surface area contributed by atoms with Crippen LogP contribution in [0.25, 0.3) is 0 Å². The molecule has 2 fully saturated rings. The molecule has 198 valence electrons. The maximum Gasteiger partial charge on any atom is 0.416 e. The summed E-state index contributed by atoms with van der Waals surface area (Å²) in [4.78, 5) is 38.3. The number of nitrogens with one attached hydrogen (secondary N) is 2. The van der Waals surface area contributed by atoms with Gasteiger partial charge in [0.25, 0.3) is 5.91 Å². The molecule has 1 aliphatic carbocycles. The van der Waals surface area contributed by atoms with Gasteiger partial charge in [-0.3, -0.25) is 14.5 Å². The number of hydrogen-bond donors (Lipinski definition) is 2. The highest BCUT2D eigenvalue weighted by molar-refractivity contribution is 5.96. The van der Waals surface area contributed by atoms with Gasteiger partial charge in [-0.15, -0.1) is 0 Å². The molecule has 2 aliphatic rings. The molecule has 2 N–H and O–H groups in total. The number of rotatable bonds is 7. The van der Waals surface area contributed by atoms with E-state index in [-0.39, 0.29) is 30.0 Å². The molecule has 0 spiro atoms. The molecule has 1 saturated heterocycles. The molecule has 1 heterocycles. The van der Waals surface area contributed by atoms with Gasteiger partial charge in [-0.25, -0.2) is 4.79 Å². The molecule has 7 nitrogen and oxygen atoms in total. The molecule has 37 heavy (non-hydrogen) atoms. The second kappa shape index (κ2) is 11.3. The summed E-state index contributed by atoms with van der Waals surface area (Å²) in [7, 11) is 1.37. The monoisotopic (exact) mass is 517 g/mol. The Balaban J connectivity index is 1.15. The average molecular weight is 518 g/mol. The van der Waals surface area contributed by atoms with Crippen LogP contribution in [0.5, 0.6) is 0 Å². The fraction of sp³-hybridized carbons (Fsp3) is 0.444. The standard InChI is InChI=1S/C27H30F3N3O4/c1-37-26(36)19-7-5-17(6-8-19)18-9-11-23(12-10-18)33-15-22(16-33)32-24(34)14-31-25(35)20-3-2-4-21(13-20)27(28,29)30/h2-8,13,18,22-23H,9-12,14-16H2,1H3,(H,31,35)(H,32,34)/t18-,23+. The number of esters is 1. The van der Waals surface area contributed by atoms with Crippen LogP contribution in [0.15, 0.2) is 48.5 Å². The van der Waals surface area contributed by atoms with Crippen LogP contribution in [-0.4, -0.2) is 61.5 Å². The molecule has 1 aliphatic heterocycles. The number of benzene rings is 2. The van der Waals surface area contributed by atoms with Crippen molar-refractivity contribution in [2.24, 2.45) is 0 Å². The van der Waals surface area contributed by atoms with Crippen LogP contribution in [0.3, 0.4) is 0 Å². The summed E-state index contributed by atoms with van der Waals surface area (Å²) in [6.07, 6.45) is -0.330. The largest absolute Gasteiger partial charge is 0.465 e. The first-order valence-electron chi connectivity index (χ1n) is 12.3. The second-order valence-electron chi connectivity index (χ2n) is 9.60. The molecule has 0 radical (unpaired) electrons. The summed E-state index contributed by atoms with van der Waals surface area (Å²) in [5.41, 5.74) is 0.716. The highest BCUT2D eigenvalue weighted by atomic mass is 19.4. The van der Waals surface area contributed by atoms with Gasteiger partial charge in [-0.2, -0.15) is 13.2 Å². The Kier molecular flexibility index (Phi) is 8.16. The zero-order chi connectivity index (χ0) is 26.6. The average Bonchev–Trinajstić information content (AvgIpc) is 2.88. The number of hydrogen-bond acceptors (Lipinski definition) is 5. The number of likely N-dealkylation sites (tertiary alicyclic amines) is 1. The summed E-state index contributed by atoms with van der Waals surface area (Å²) in [6.45, 7) is 1.17. The molecule has 4 rings (SSSR count). The van der Waals surface area contributed by atoms with Gasteiger partial charge in [0.1, 0.15) is 0 Å². The summed E-state index contributed by atoms with van der Waals surface area (Å²) >= 11 is 0. The van der Waals surface area contributed by atoms with Crippen molar-refractivity contribution >= 4 is 17.8 Å². The molecule has 10 heteroatoms. The fourth-order valence-electron chi connectivity index (χ4n) is 5.06. The number of amides is 2. The van der Waals surface area contributed by atoms with Gasteiger partial charge < -0.3 is 15.4 Å². The number of halogens is 3. The zero-order valence-electron chi connectivity index (χ0n) is 20.5. The van der Waals surface area contributed by atoms with Crippen LogP contribution in [0, 0.1) is 0 Å². The number of ether oxygens (including phenoxy) is 1. The number of nitrogens with zero attached hydrogens (tertiary/aromatic N) is 1. The number of carbonyl (C=O) groups excluding carboxylic acids is 3. The fourth-order valence-corrected chi connectivity index (χ4v) is 5.06. The summed E-state index contributed by atoms with van der Waals surface area (Å²) in [5.74, 6) is -0.981. The van der Waals surface area contributed by atoms with Crippen molar-refractivity contribution in [3.05, 3.63) is 70.8 Å². The molecule has 0 atom stereocenters. The van der Waals surface area contributed by atoms with Gasteiger partial charge in [0.2, 0.25) is 5.91 Å². The number of carbonyl (C=O) groups is 3. The first-order chi connectivity index (χ1) is 17.6. The van der Waals surface area contributed by atoms with Crippen LogP contribution >= 0.6 is 0 Å². The minimum atomic E-state index is -4.54. The third-order valence-corrected chi connectivity index (χ3v) is 7.15. The number of alkyl halides is 3. The maximum atomic E-state index is 12.8. The minimum absolute atomic E-state index is 0.0125. The van der Waals surface area contributed by atoms with E-state index in [9.17, 15) is 27.6 Å². The third-order valence-electron chi connectivity index (χ3n) is 7.15. The van der Waals surface area contributed by atoms with Crippen molar-refractivity contribution in [3.8, 4) is 0 Å². The first-order valence-corrected chi connectivity index (χ1v) is 12.3. The second-order valence-corrected chi connectivity index (χ2v) is 9.60. The van der Waals surface area contributed by atoms with Gasteiger partial charge in [0, 0.05) is 24.7 Å². The Labute approximate surface area is 213 Å². The maximum absolute atomic E-state index is 12.8. The van der Waals surface area contributed by atoms with E-state index in [4.69, 9.17) is 4.74 Å². The van der Waals surface area contributed by atoms with Crippen LogP contribution < -0.4 is 10.6 Å². The van der Waals surface area contributed by atoms with Crippen molar-refractivity contribution in [1.29, 1.82) is 0 Å². The Bertz CT molecular complexity index is 1120. The van der Waals surface area contributed by atoms with E-state index in [1.54, 1.807) is 12.1 Å². The van der Waals surface area contributed by atoms with E-state index in [0.717, 1.165) is 57.0 Å². The van der Waals surface area contributed by atoms with E-state index < -0.39 is 17.6 Å². The quantitative estimate of drug-likeness (QED) is 0.547. The Morgan fingerprint density at radius 3 is 2.27 bits per heavy atom. The van der Waals surface area contributed by atoms with E-state index in [0.29, 0.717) is 17.5 Å². The smallest absolute Gasteiger partial charge is 0.416 e. The molecule has 2 aromatic carbocycles. The van der Waals surface area contributed by atoms with E-state index in [1.165, 1.54) is 18.7 Å². The predicted octanol–water partition coefficient (Wildman–Crippen LogP) is 3.75. The van der Waals surface area contributed by atoms with Gasteiger partial charge in [-0.1, -0.05) is 18.2 Å². The van der Waals surface area contributed by atoms with Gasteiger partial charge in [0.15, 0.2) is 0 Å². The van der Waals surface area contributed by atoms with Crippen molar-refractivity contribution in [2.45, 2.75) is 49.9 Å². The highest BCUT2D eigenvalue weighted by Crippen LogP contribution is 2.36. The van der Waals surface area contributed by atoms with E-state index >= 15 is 0 Å². The predicted molar refractivity (Wildman–Crippen MR) is 130 cm³/mol. The van der Waals surface area contributed by atoms with Gasteiger partial charge in [0.05, 0.1) is 30.8 Å².